The lowest BCUT2D eigenvalue weighted by atomic mass is 10.2. The number of aromatic nitrogens is 1. The molecule has 0 N–H and O–H groups in total. The summed E-state index contributed by atoms with van der Waals surface area (Å²) in [5.41, 5.74) is 0.801. The summed E-state index contributed by atoms with van der Waals surface area (Å²) in [5.74, 6) is -1.59. The number of pyridine rings is 1. The molecule has 3 aromatic rings. The zero-order valence-corrected chi connectivity index (χ0v) is 16.7. The van der Waals surface area contributed by atoms with Crippen molar-refractivity contribution in [1.29, 1.82) is 0 Å². The Kier molecular flexibility index (Phi) is 6.31. The zero-order chi connectivity index (χ0) is 20.1. The van der Waals surface area contributed by atoms with Gasteiger partial charge in [-0.25, -0.2) is 22.2 Å². The molecule has 1 heterocycles. The average Bonchev–Trinajstić information content (AvgIpc) is 2.70. The molecule has 0 saturated heterocycles. The van der Waals surface area contributed by atoms with Crippen LogP contribution in [0.25, 0.3) is 0 Å². The summed E-state index contributed by atoms with van der Waals surface area (Å²) in [7, 11) is -3.75. The highest BCUT2D eigenvalue weighted by molar-refractivity contribution is 7.98. The van der Waals surface area contributed by atoms with Crippen molar-refractivity contribution >= 4 is 27.5 Å². The molecule has 0 aliphatic rings. The minimum atomic E-state index is -3.75. The molecule has 4 nitrogen and oxygen atoms in total. The average molecular weight is 421 g/mol. The first kappa shape index (κ1) is 20.3. The summed E-state index contributed by atoms with van der Waals surface area (Å²) in [6.07, 6.45) is 1.28. The van der Waals surface area contributed by atoms with Gasteiger partial charge in [-0.15, -0.1) is 11.8 Å². The van der Waals surface area contributed by atoms with E-state index in [1.165, 1.54) is 40.5 Å². The Balaban J connectivity index is 1.77. The Bertz CT molecular complexity index is 1040. The van der Waals surface area contributed by atoms with Crippen molar-refractivity contribution in [3.63, 3.8) is 0 Å². The SMILES string of the molecule is CCN(c1ccccc1)S(=O)(=O)c1ccc(SCc2cccc(F)c2F)nc1. The molecule has 0 spiro atoms. The molecule has 3 rings (SSSR count). The van der Waals surface area contributed by atoms with Crippen LogP contribution in [0, 0.1) is 11.6 Å². The van der Waals surface area contributed by atoms with Gasteiger partial charge in [-0.3, -0.25) is 4.31 Å². The summed E-state index contributed by atoms with van der Waals surface area (Å²) in [6.45, 7) is 2.04. The fraction of sp³-hybridized carbons (Fsp3) is 0.150. The standard InChI is InChI=1S/C20H18F2N2O2S2/c1-2-24(16-8-4-3-5-9-16)28(25,26)17-11-12-19(23-13-17)27-14-15-7-6-10-18(21)20(15)22/h3-13H,2,14H2,1H3. The Morgan fingerprint density at radius 1 is 1.00 bits per heavy atom. The van der Waals surface area contributed by atoms with Crippen molar-refractivity contribution in [3.8, 4) is 0 Å². The summed E-state index contributed by atoms with van der Waals surface area (Å²) < 4.78 is 54.1. The van der Waals surface area contributed by atoms with Gasteiger partial charge in [0, 0.05) is 24.1 Å². The molecule has 0 radical (unpaired) electrons. The lowest BCUT2D eigenvalue weighted by molar-refractivity contribution is 0.502. The molecular formula is C20H18F2N2O2S2. The first-order valence-corrected chi connectivity index (χ1v) is 11.0. The lowest BCUT2D eigenvalue weighted by Gasteiger charge is -2.22. The molecule has 0 saturated carbocycles. The molecule has 0 bridgehead atoms. The normalized spacial score (nSPS) is 11.4. The van der Waals surface area contributed by atoms with Crippen LogP contribution in [-0.2, 0) is 15.8 Å². The fourth-order valence-corrected chi connectivity index (χ4v) is 4.87. The maximum absolute atomic E-state index is 13.7. The number of hydrogen-bond donors (Lipinski definition) is 0. The molecule has 0 amide bonds. The number of halogens is 2. The Labute approximate surface area is 167 Å². The number of para-hydroxylation sites is 1. The second kappa shape index (κ2) is 8.70. The number of rotatable bonds is 7. The summed E-state index contributed by atoms with van der Waals surface area (Å²) in [5, 5.41) is 0.519. The van der Waals surface area contributed by atoms with Crippen LogP contribution >= 0.6 is 11.8 Å². The van der Waals surface area contributed by atoms with Gasteiger partial charge in [0.1, 0.15) is 4.90 Å². The van der Waals surface area contributed by atoms with Gasteiger partial charge in [0.25, 0.3) is 10.0 Å². The number of nitrogens with zero attached hydrogens (tertiary/aromatic N) is 2. The monoisotopic (exact) mass is 420 g/mol. The smallest absolute Gasteiger partial charge is 0.265 e. The van der Waals surface area contributed by atoms with Crippen molar-refractivity contribution in [2.45, 2.75) is 22.6 Å². The van der Waals surface area contributed by atoms with Crippen LogP contribution < -0.4 is 4.31 Å². The molecule has 0 unspecified atom stereocenters. The van der Waals surface area contributed by atoms with Crippen molar-refractivity contribution in [2.75, 3.05) is 10.8 Å². The second-order valence-electron chi connectivity index (χ2n) is 5.84. The maximum atomic E-state index is 13.7. The lowest BCUT2D eigenvalue weighted by Crippen LogP contribution is -2.30. The summed E-state index contributed by atoms with van der Waals surface area (Å²) in [4.78, 5) is 4.23. The molecule has 8 heteroatoms. The number of benzene rings is 2. The van der Waals surface area contributed by atoms with Gasteiger partial charge < -0.3 is 0 Å². The topological polar surface area (TPSA) is 50.3 Å². The van der Waals surface area contributed by atoms with E-state index in [0.717, 1.165) is 6.07 Å². The minimum absolute atomic E-state index is 0.0690. The van der Waals surface area contributed by atoms with Gasteiger partial charge in [0.2, 0.25) is 0 Å². The van der Waals surface area contributed by atoms with Crippen molar-refractivity contribution < 1.29 is 17.2 Å². The molecule has 0 aliphatic carbocycles. The maximum Gasteiger partial charge on any atom is 0.265 e. The highest BCUT2D eigenvalue weighted by Gasteiger charge is 2.23. The van der Waals surface area contributed by atoms with Crippen molar-refractivity contribution in [1.82, 2.24) is 4.98 Å². The van der Waals surface area contributed by atoms with E-state index in [-0.39, 0.29) is 22.8 Å². The largest absolute Gasteiger partial charge is 0.267 e. The second-order valence-corrected chi connectivity index (χ2v) is 8.70. The van der Waals surface area contributed by atoms with E-state index < -0.39 is 21.7 Å². The number of sulfonamides is 1. The van der Waals surface area contributed by atoms with Crippen LogP contribution in [0.4, 0.5) is 14.5 Å². The van der Waals surface area contributed by atoms with Crippen LogP contribution in [0.5, 0.6) is 0 Å². The molecule has 146 valence electrons. The zero-order valence-electron chi connectivity index (χ0n) is 15.0. The Morgan fingerprint density at radius 2 is 1.75 bits per heavy atom. The van der Waals surface area contributed by atoms with Crippen molar-refractivity contribution in [2.24, 2.45) is 0 Å². The third kappa shape index (κ3) is 4.34. The molecular weight excluding hydrogens is 402 g/mol. The van der Waals surface area contributed by atoms with Gasteiger partial charge >= 0.3 is 0 Å². The van der Waals surface area contributed by atoms with Gasteiger partial charge in [0.15, 0.2) is 11.6 Å². The molecule has 0 aliphatic heterocycles. The number of thioether (sulfide) groups is 1. The first-order chi connectivity index (χ1) is 13.4. The van der Waals surface area contributed by atoms with Gasteiger partial charge in [-0.2, -0.15) is 0 Å². The van der Waals surface area contributed by atoms with Crippen LogP contribution in [0.2, 0.25) is 0 Å². The third-order valence-electron chi connectivity index (χ3n) is 4.04. The predicted molar refractivity (Wildman–Crippen MR) is 107 cm³/mol. The Morgan fingerprint density at radius 3 is 2.39 bits per heavy atom. The summed E-state index contributed by atoms with van der Waals surface area (Å²) in [6, 6.07) is 15.9. The predicted octanol–water partition coefficient (Wildman–Crippen LogP) is 4.87. The van der Waals surface area contributed by atoms with E-state index in [1.54, 1.807) is 37.3 Å². The van der Waals surface area contributed by atoms with Gasteiger partial charge in [-0.05, 0) is 37.3 Å². The minimum Gasteiger partial charge on any atom is -0.267 e. The van der Waals surface area contributed by atoms with Gasteiger partial charge in [0.05, 0.1) is 10.7 Å². The Hall–Kier alpha value is -2.45. The first-order valence-electron chi connectivity index (χ1n) is 8.53. The highest BCUT2D eigenvalue weighted by atomic mass is 32.2. The van der Waals surface area contributed by atoms with E-state index in [4.69, 9.17) is 0 Å². The molecule has 0 atom stereocenters. The third-order valence-corrected chi connectivity index (χ3v) is 6.91. The van der Waals surface area contributed by atoms with Crippen LogP contribution in [-0.4, -0.2) is 19.9 Å². The van der Waals surface area contributed by atoms with E-state index in [0.29, 0.717) is 10.7 Å². The number of hydrogen-bond acceptors (Lipinski definition) is 4. The molecule has 2 aromatic carbocycles. The van der Waals surface area contributed by atoms with Crippen LogP contribution in [0.15, 0.2) is 76.8 Å². The number of anilines is 1. The van der Waals surface area contributed by atoms with Crippen LogP contribution in [0.3, 0.4) is 0 Å². The quantitative estimate of drug-likeness (QED) is 0.512. The van der Waals surface area contributed by atoms with Crippen molar-refractivity contribution in [3.05, 3.63) is 84.1 Å². The van der Waals surface area contributed by atoms with E-state index in [1.807, 2.05) is 6.07 Å². The summed E-state index contributed by atoms with van der Waals surface area (Å²) >= 11 is 1.20. The molecule has 28 heavy (non-hydrogen) atoms. The van der Waals surface area contributed by atoms with Gasteiger partial charge in [-0.1, -0.05) is 30.3 Å². The fourth-order valence-electron chi connectivity index (χ4n) is 2.63. The van der Waals surface area contributed by atoms with E-state index in [9.17, 15) is 17.2 Å². The molecule has 0 fully saturated rings. The molecule has 1 aromatic heterocycles. The van der Waals surface area contributed by atoms with Crippen LogP contribution in [0.1, 0.15) is 12.5 Å². The highest BCUT2D eigenvalue weighted by Crippen LogP contribution is 2.26. The van der Waals surface area contributed by atoms with E-state index >= 15 is 0 Å². The van der Waals surface area contributed by atoms with E-state index in [2.05, 4.69) is 4.98 Å².